The number of aryl methyl sites for hydroxylation is 2. The van der Waals surface area contributed by atoms with Crippen LogP contribution in [0.25, 0.3) is 0 Å². The molecule has 0 radical (unpaired) electrons. The highest BCUT2D eigenvalue weighted by atomic mass is 32.1. The predicted octanol–water partition coefficient (Wildman–Crippen LogP) is 2.94. The third-order valence-corrected chi connectivity index (χ3v) is 5.05. The van der Waals surface area contributed by atoms with Gasteiger partial charge in [0.25, 0.3) is 0 Å². The number of nitrogens with zero attached hydrogens (tertiary/aromatic N) is 1. The van der Waals surface area contributed by atoms with Crippen molar-refractivity contribution < 1.29 is 9.59 Å². The Morgan fingerprint density at radius 2 is 2.14 bits per heavy atom. The maximum atomic E-state index is 12.7. The van der Waals surface area contributed by atoms with Gasteiger partial charge in [-0.25, -0.2) is 0 Å². The molecule has 1 N–H and O–H groups in total. The van der Waals surface area contributed by atoms with Gasteiger partial charge in [0.1, 0.15) is 6.04 Å². The molecule has 0 saturated carbocycles. The normalized spacial score (nSPS) is 21.1. The summed E-state index contributed by atoms with van der Waals surface area (Å²) in [5.74, 6) is 0.0353. The number of hydrogen-bond donors (Lipinski definition) is 1. The molecule has 1 aliphatic rings. The summed E-state index contributed by atoms with van der Waals surface area (Å²) in [5.41, 5.74) is 1.20. The molecule has 5 heteroatoms. The zero-order valence-electron chi connectivity index (χ0n) is 13.2. The van der Waals surface area contributed by atoms with Crippen LogP contribution in [-0.4, -0.2) is 29.3 Å². The molecule has 2 amide bonds. The first-order valence-electron chi connectivity index (χ1n) is 7.60. The SMILES string of the molecule is CCCC1NC(=O)CCN(C(C)c2cc(C)sc2C)C1=O. The summed E-state index contributed by atoms with van der Waals surface area (Å²) < 4.78 is 0. The van der Waals surface area contributed by atoms with E-state index in [1.165, 1.54) is 15.3 Å². The van der Waals surface area contributed by atoms with Crippen LogP contribution >= 0.6 is 11.3 Å². The summed E-state index contributed by atoms with van der Waals surface area (Å²) >= 11 is 1.76. The van der Waals surface area contributed by atoms with Crippen LogP contribution in [-0.2, 0) is 9.59 Å². The van der Waals surface area contributed by atoms with Gasteiger partial charge in [0, 0.05) is 22.7 Å². The zero-order valence-corrected chi connectivity index (χ0v) is 14.0. The lowest BCUT2D eigenvalue weighted by atomic mass is 10.1. The number of carbonyl (C=O) groups is 2. The van der Waals surface area contributed by atoms with Crippen LogP contribution in [0, 0.1) is 13.8 Å². The first-order valence-corrected chi connectivity index (χ1v) is 8.42. The number of rotatable bonds is 4. The molecule has 0 aromatic carbocycles. The third kappa shape index (κ3) is 3.46. The molecule has 0 aliphatic carbocycles. The summed E-state index contributed by atoms with van der Waals surface area (Å²) in [7, 11) is 0. The first-order chi connectivity index (χ1) is 9.93. The van der Waals surface area contributed by atoms with E-state index >= 15 is 0 Å². The van der Waals surface area contributed by atoms with Crippen molar-refractivity contribution in [3.63, 3.8) is 0 Å². The molecule has 1 fully saturated rings. The number of carbonyl (C=O) groups excluding carboxylic acids is 2. The molecule has 0 spiro atoms. The largest absolute Gasteiger partial charge is 0.344 e. The Bertz CT molecular complexity index is 538. The molecule has 116 valence electrons. The van der Waals surface area contributed by atoms with Gasteiger partial charge in [-0.1, -0.05) is 13.3 Å². The Labute approximate surface area is 130 Å². The quantitative estimate of drug-likeness (QED) is 0.929. The lowest BCUT2D eigenvalue weighted by Crippen LogP contribution is -2.45. The van der Waals surface area contributed by atoms with Gasteiger partial charge in [-0.15, -0.1) is 11.3 Å². The van der Waals surface area contributed by atoms with Crippen molar-refractivity contribution in [3.8, 4) is 0 Å². The minimum Gasteiger partial charge on any atom is -0.344 e. The second kappa shape index (κ2) is 6.60. The summed E-state index contributed by atoms with van der Waals surface area (Å²) in [6.07, 6.45) is 1.98. The van der Waals surface area contributed by atoms with Gasteiger partial charge < -0.3 is 10.2 Å². The molecule has 2 atom stereocenters. The number of hydrogen-bond acceptors (Lipinski definition) is 3. The van der Waals surface area contributed by atoms with Crippen LogP contribution in [0.1, 0.15) is 54.5 Å². The fourth-order valence-electron chi connectivity index (χ4n) is 2.96. The molecule has 1 aromatic rings. The molecule has 2 rings (SSSR count). The van der Waals surface area contributed by atoms with E-state index in [0.29, 0.717) is 19.4 Å². The predicted molar refractivity (Wildman–Crippen MR) is 85.4 cm³/mol. The van der Waals surface area contributed by atoms with E-state index in [1.54, 1.807) is 11.3 Å². The van der Waals surface area contributed by atoms with E-state index in [0.717, 1.165) is 6.42 Å². The molecule has 1 saturated heterocycles. The molecule has 2 heterocycles. The maximum absolute atomic E-state index is 12.7. The van der Waals surface area contributed by atoms with Crippen LogP contribution in [0.5, 0.6) is 0 Å². The van der Waals surface area contributed by atoms with Crippen molar-refractivity contribution >= 4 is 23.2 Å². The van der Waals surface area contributed by atoms with E-state index in [9.17, 15) is 9.59 Å². The van der Waals surface area contributed by atoms with Crippen molar-refractivity contribution in [2.75, 3.05) is 6.54 Å². The third-order valence-electron chi connectivity index (χ3n) is 4.07. The molecule has 1 aromatic heterocycles. The standard InChI is InChI=1S/C16H24N2O2S/c1-5-6-14-16(20)18(8-7-15(19)17-14)11(3)13-9-10(2)21-12(13)4/h9,11,14H,5-8H2,1-4H3,(H,17,19). The van der Waals surface area contributed by atoms with Crippen molar-refractivity contribution in [1.82, 2.24) is 10.2 Å². The van der Waals surface area contributed by atoms with Crippen molar-refractivity contribution in [2.45, 2.75) is 59.0 Å². The van der Waals surface area contributed by atoms with Crippen molar-refractivity contribution in [2.24, 2.45) is 0 Å². The van der Waals surface area contributed by atoms with Gasteiger partial charge >= 0.3 is 0 Å². The summed E-state index contributed by atoms with van der Waals surface area (Å²) in [5, 5.41) is 2.86. The Morgan fingerprint density at radius 1 is 1.43 bits per heavy atom. The van der Waals surface area contributed by atoms with E-state index in [1.807, 2.05) is 11.8 Å². The molecular formula is C16H24N2O2S. The fraction of sp³-hybridized carbons (Fsp3) is 0.625. The fourth-order valence-corrected chi connectivity index (χ4v) is 3.98. The monoisotopic (exact) mass is 308 g/mol. The van der Waals surface area contributed by atoms with Crippen LogP contribution in [0.2, 0.25) is 0 Å². The Balaban J connectivity index is 2.25. The Hall–Kier alpha value is -1.36. The van der Waals surface area contributed by atoms with Crippen molar-refractivity contribution in [3.05, 3.63) is 21.4 Å². The number of thiophene rings is 1. The molecular weight excluding hydrogens is 284 g/mol. The molecule has 2 unspecified atom stereocenters. The van der Waals surface area contributed by atoms with Gasteiger partial charge in [-0.05, 0) is 38.8 Å². The molecule has 0 bridgehead atoms. The maximum Gasteiger partial charge on any atom is 0.245 e. The summed E-state index contributed by atoms with van der Waals surface area (Å²) in [6, 6.07) is 1.81. The van der Waals surface area contributed by atoms with E-state index < -0.39 is 0 Å². The highest BCUT2D eigenvalue weighted by Crippen LogP contribution is 2.31. The van der Waals surface area contributed by atoms with Gasteiger partial charge in [-0.2, -0.15) is 0 Å². The molecule has 21 heavy (non-hydrogen) atoms. The van der Waals surface area contributed by atoms with Crippen LogP contribution < -0.4 is 5.32 Å². The van der Waals surface area contributed by atoms with E-state index in [4.69, 9.17) is 0 Å². The Morgan fingerprint density at radius 3 is 2.71 bits per heavy atom. The number of amides is 2. The highest BCUT2D eigenvalue weighted by molar-refractivity contribution is 7.12. The average Bonchev–Trinajstić information content (AvgIpc) is 2.69. The second-order valence-corrected chi connectivity index (χ2v) is 7.20. The second-order valence-electron chi connectivity index (χ2n) is 5.73. The topological polar surface area (TPSA) is 49.4 Å². The van der Waals surface area contributed by atoms with Crippen LogP contribution in [0.15, 0.2) is 6.07 Å². The van der Waals surface area contributed by atoms with Crippen LogP contribution in [0.4, 0.5) is 0 Å². The summed E-state index contributed by atoms with van der Waals surface area (Å²) in [6.45, 7) is 8.78. The Kier molecular flexibility index (Phi) is 5.04. The lowest BCUT2D eigenvalue weighted by molar-refractivity contribution is -0.135. The highest BCUT2D eigenvalue weighted by Gasteiger charge is 2.32. The minimum absolute atomic E-state index is 0.0188. The molecule has 4 nitrogen and oxygen atoms in total. The van der Waals surface area contributed by atoms with E-state index in [-0.39, 0.29) is 23.9 Å². The van der Waals surface area contributed by atoms with Crippen molar-refractivity contribution in [1.29, 1.82) is 0 Å². The average molecular weight is 308 g/mol. The summed E-state index contributed by atoms with van der Waals surface area (Å²) in [4.78, 5) is 28.9. The smallest absolute Gasteiger partial charge is 0.245 e. The molecule has 1 aliphatic heterocycles. The lowest BCUT2D eigenvalue weighted by Gasteiger charge is -2.30. The van der Waals surface area contributed by atoms with Gasteiger partial charge in [-0.3, -0.25) is 9.59 Å². The van der Waals surface area contributed by atoms with E-state index in [2.05, 4.69) is 32.2 Å². The van der Waals surface area contributed by atoms with Gasteiger partial charge in [0.2, 0.25) is 11.8 Å². The zero-order chi connectivity index (χ0) is 15.6. The van der Waals surface area contributed by atoms with Gasteiger partial charge in [0.15, 0.2) is 0 Å². The van der Waals surface area contributed by atoms with Crippen LogP contribution in [0.3, 0.4) is 0 Å². The number of nitrogens with one attached hydrogen (secondary N) is 1. The first kappa shape index (κ1) is 16.0. The minimum atomic E-state index is -0.368. The van der Waals surface area contributed by atoms with Gasteiger partial charge in [0.05, 0.1) is 6.04 Å².